The average Bonchev–Trinajstić information content (AvgIpc) is 2.70. The van der Waals surface area contributed by atoms with E-state index >= 15 is 0 Å². The Labute approximate surface area is 129 Å². The summed E-state index contributed by atoms with van der Waals surface area (Å²) in [7, 11) is 0. The molecule has 0 aliphatic heterocycles. The van der Waals surface area contributed by atoms with Gasteiger partial charge in [0, 0.05) is 23.2 Å². The molecular weight excluding hydrogens is 282 g/mol. The third kappa shape index (κ3) is 2.62. The molecule has 1 aromatic heterocycles. The topological polar surface area (TPSA) is 82.7 Å². The Hall–Kier alpha value is -1.85. The first-order valence-electron chi connectivity index (χ1n) is 7.48. The zero-order valence-corrected chi connectivity index (χ0v) is 13.4. The van der Waals surface area contributed by atoms with E-state index in [0.717, 1.165) is 22.2 Å². The molecule has 0 aliphatic carbocycles. The second-order valence-electron chi connectivity index (χ2n) is 5.97. The molecule has 120 valence electrons. The summed E-state index contributed by atoms with van der Waals surface area (Å²) < 4.78 is 1.78. The number of hydrogen-bond donors (Lipinski definition) is 3. The number of carboxylic acid groups (broad SMARTS) is 1. The van der Waals surface area contributed by atoms with E-state index in [0.29, 0.717) is 12.1 Å². The summed E-state index contributed by atoms with van der Waals surface area (Å²) in [6, 6.07) is 3.64. The molecule has 1 unspecified atom stereocenters. The highest BCUT2D eigenvalue weighted by Crippen LogP contribution is 2.35. The Kier molecular flexibility index (Phi) is 4.58. The fourth-order valence-corrected chi connectivity index (χ4v) is 3.06. The molecule has 0 fully saturated rings. The molecule has 0 bridgehead atoms. The van der Waals surface area contributed by atoms with Crippen molar-refractivity contribution in [1.82, 2.24) is 4.57 Å². The van der Waals surface area contributed by atoms with E-state index in [1.165, 1.54) is 0 Å². The van der Waals surface area contributed by atoms with Crippen LogP contribution in [0.5, 0.6) is 0 Å². The van der Waals surface area contributed by atoms with Gasteiger partial charge in [-0.15, -0.1) is 0 Å². The van der Waals surface area contributed by atoms with Gasteiger partial charge in [0.1, 0.15) is 0 Å². The molecule has 22 heavy (non-hydrogen) atoms. The van der Waals surface area contributed by atoms with Gasteiger partial charge in [-0.3, -0.25) is 0 Å². The first-order chi connectivity index (χ1) is 10.3. The second-order valence-corrected chi connectivity index (χ2v) is 5.97. The predicted octanol–water partition coefficient (Wildman–Crippen LogP) is 2.82. The third-order valence-electron chi connectivity index (χ3n) is 4.13. The number of rotatable bonds is 5. The predicted molar refractivity (Wildman–Crippen MR) is 85.4 cm³/mol. The summed E-state index contributed by atoms with van der Waals surface area (Å²) in [4.78, 5) is 11.7. The Morgan fingerprint density at radius 2 is 1.91 bits per heavy atom. The SMILES string of the molecule is Cc1c(C(C)O)c2cc(C(C)C)cc(C(=O)O)c2n1CCO. The van der Waals surface area contributed by atoms with Crippen LogP contribution in [-0.4, -0.2) is 32.5 Å². The number of aromatic carboxylic acids is 1. The van der Waals surface area contributed by atoms with Crippen LogP contribution in [0, 0.1) is 6.92 Å². The van der Waals surface area contributed by atoms with Crippen molar-refractivity contribution in [3.05, 3.63) is 34.5 Å². The average molecular weight is 305 g/mol. The van der Waals surface area contributed by atoms with Gasteiger partial charge in [0.2, 0.25) is 0 Å². The number of benzene rings is 1. The summed E-state index contributed by atoms with van der Waals surface area (Å²) in [5.74, 6) is -0.813. The smallest absolute Gasteiger partial charge is 0.337 e. The van der Waals surface area contributed by atoms with Gasteiger partial charge in [-0.25, -0.2) is 4.79 Å². The minimum Gasteiger partial charge on any atom is -0.478 e. The number of carboxylic acids is 1. The zero-order valence-electron chi connectivity index (χ0n) is 13.4. The van der Waals surface area contributed by atoms with E-state index in [2.05, 4.69) is 0 Å². The summed E-state index contributed by atoms with van der Waals surface area (Å²) in [5.41, 5.74) is 3.23. The van der Waals surface area contributed by atoms with Gasteiger partial charge in [0.05, 0.1) is 23.8 Å². The molecule has 5 heteroatoms. The van der Waals surface area contributed by atoms with Gasteiger partial charge in [0.15, 0.2) is 0 Å². The molecule has 0 radical (unpaired) electrons. The Morgan fingerprint density at radius 1 is 1.27 bits per heavy atom. The summed E-state index contributed by atoms with van der Waals surface area (Å²) >= 11 is 0. The molecule has 3 N–H and O–H groups in total. The van der Waals surface area contributed by atoms with Crippen LogP contribution in [0.1, 0.15) is 60.0 Å². The van der Waals surface area contributed by atoms with Crippen LogP contribution >= 0.6 is 0 Å². The second kappa shape index (κ2) is 6.10. The first-order valence-corrected chi connectivity index (χ1v) is 7.48. The highest BCUT2D eigenvalue weighted by Gasteiger charge is 2.23. The maximum absolute atomic E-state index is 11.7. The lowest BCUT2D eigenvalue weighted by molar-refractivity contribution is 0.0698. The lowest BCUT2D eigenvalue weighted by atomic mass is 9.95. The maximum atomic E-state index is 11.7. The molecule has 0 amide bonds. The Balaban J connectivity index is 2.96. The van der Waals surface area contributed by atoms with Crippen LogP contribution in [0.4, 0.5) is 0 Å². The van der Waals surface area contributed by atoms with Crippen molar-refractivity contribution in [2.45, 2.75) is 46.3 Å². The lowest BCUT2D eigenvalue weighted by Gasteiger charge is -2.11. The Bertz CT molecular complexity index is 713. The van der Waals surface area contributed by atoms with Crippen molar-refractivity contribution >= 4 is 16.9 Å². The van der Waals surface area contributed by atoms with Crippen molar-refractivity contribution in [3.63, 3.8) is 0 Å². The molecule has 1 aromatic carbocycles. The number of carbonyl (C=O) groups is 1. The number of aliphatic hydroxyl groups excluding tert-OH is 2. The van der Waals surface area contributed by atoms with Crippen LogP contribution in [0.25, 0.3) is 10.9 Å². The highest BCUT2D eigenvalue weighted by molar-refractivity contribution is 6.04. The number of aliphatic hydroxyl groups is 2. The van der Waals surface area contributed by atoms with E-state index < -0.39 is 12.1 Å². The van der Waals surface area contributed by atoms with Crippen LogP contribution in [0.15, 0.2) is 12.1 Å². The van der Waals surface area contributed by atoms with Gasteiger partial charge in [-0.1, -0.05) is 13.8 Å². The summed E-state index contributed by atoms with van der Waals surface area (Å²) in [5, 5.41) is 29.7. The minimum absolute atomic E-state index is 0.0884. The largest absolute Gasteiger partial charge is 0.478 e. The third-order valence-corrected chi connectivity index (χ3v) is 4.13. The summed E-state index contributed by atoms with van der Waals surface area (Å²) in [6.07, 6.45) is -0.702. The van der Waals surface area contributed by atoms with Gasteiger partial charge in [-0.2, -0.15) is 0 Å². The van der Waals surface area contributed by atoms with Gasteiger partial charge in [0.25, 0.3) is 0 Å². The van der Waals surface area contributed by atoms with E-state index in [1.807, 2.05) is 26.8 Å². The van der Waals surface area contributed by atoms with E-state index in [-0.39, 0.29) is 18.1 Å². The fraction of sp³-hybridized carbons (Fsp3) is 0.471. The fourth-order valence-electron chi connectivity index (χ4n) is 3.06. The minimum atomic E-state index is -0.999. The van der Waals surface area contributed by atoms with E-state index in [9.17, 15) is 20.1 Å². The lowest BCUT2D eigenvalue weighted by Crippen LogP contribution is -2.08. The van der Waals surface area contributed by atoms with Crippen LogP contribution in [0.3, 0.4) is 0 Å². The number of fused-ring (bicyclic) bond motifs is 1. The van der Waals surface area contributed by atoms with Crippen LogP contribution in [-0.2, 0) is 6.54 Å². The van der Waals surface area contributed by atoms with Crippen LogP contribution in [0.2, 0.25) is 0 Å². The zero-order chi connectivity index (χ0) is 16.6. The molecule has 0 saturated carbocycles. The molecule has 2 aromatic rings. The maximum Gasteiger partial charge on any atom is 0.337 e. The molecule has 1 heterocycles. The van der Waals surface area contributed by atoms with Gasteiger partial charge >= 0.3 is 5.97 Å². The molecule has 0 saturated heterocycles. The van der Waals surface area contributed by atoms with Crippen molar-refractivity contribution in [2.75, 3.05) is 6.61 Å². The molecule has 5 nitrogen and oxygen atoms in total. The quantitative estimate of drug-likeness (QED) is 0.793. The van der Waals surface area contributed by atoms with E-state index in [4.69, 9.17) is 0 Å². The number of hydrogen-bond acceptors (Lipinski definition) is 3. The van der Waals surface area contributed by atoms with Crippen molar-refractivity contribution in [2.24, 2.45) is 0 Å². The monoisotopic (exact) mass is 305 g/mol. The molecule has 0 spiro atoms. The molecule has 2 rings (SSSR count). The van der Waals surface area contributed by atoms with Crippen molar-refractivity contribution in [3.8, 4) is 0 Å². The van der Waals surface area contributed by atoms with E-state index in [1.54, 1.807) is 17.6 Å². The summed E-state index contributed by atoms with van der Waals surface area (Å²) in [6.45, 7) is 7.75. The Morgan fingerprint density at radius 3 is 2.36 bits per heavy atom. The highest BCUT2D eigenvalue weighted by atomic mass is 16.4. The normalized spacial score (nSPS) is 13.0. The van der Waals surface area contributed by atoms with Crippen molar-refractivity contribution < 1.29 is 20.1 Å². The van der Waals surface area contributed by atoms with Gasteiger partial charge in [-0.05, 0) is 37.5 Å². The van der Waals surface area contributed by atoms with Crippen molar-refractivity contribution in [1.29, 1.82) is 0 Å². The number of nitrogens with zero attached hydrogens (tertiary/aromatic N) is 1. The molecular formula is C17H23NO4. The molecule has 0 aliphatic rings. The standard InChI is InChI=1S/C17H23NO4/c1-9(2)12-7-13-15(11(4)20)10(3)18(5-6-19)16(13)14(8-12)17(21)22/h7-9,11,19-20H,5-6H2,1-4H3,(H,21,22). The van der Waals surface area contributed by atoms with Crippen LogP contribution < -0.4 is 0 Å². The first kappa shape index (κ1) is 16.5. The number of aromatic nitrogens is 1. The molecule has 1 atom stereocenters. The van der Waals surface area contributed by atoms with Gasteiger partial charge < -0.3 is 19.9 Å².